The molecule has 0 saturated heterocycles. The molecule has 2 N–H and O–H groups in total. The number of benzene rings is 1. The van der Waals surface area contributed by atoms with Gasteiger partial charge in [0.15, 0.2) is 11.6 Å². The number of nitrogens with two attached hydrogens (primary N) is 1. The lowest BCUT2D eigenvalue weighted by molar-refractivity contribution is 0.486. The Morgan fingerprint density at radius 2 is 1.53 bits per heavy atom. The molecule has 1 saturated carbocycles. The Labute approximate surface area is 86.1 Å². The number of hydrogen-bond donors (Lipinski definition) is 1. The second-order valence-electron chi connectivity index (χ2n) is 4.61. The maximum Gasteiger partial charge on any atom is 0.161 e. The Balaban J connectivity index is 2.43. The van der Waals surface area contributed by atoms with Gasteiger partial charge in [-0.05, 0) is 17.0 Å². The lowest BCUT2D eigenvalue weighted by Crippen LogP contribution is -2.06. The van der Waals surface area contributed by atoms with Gasteiger partial charge in [-0.2, -0.15) is 0 Å². The summed E-state index contributed by atoms with van der Waals surface area (Å²) in [5.41, 5.74) is 5.68. The van der Waals surface area contributed by atoms with Gasteiger partial charge in [0.05, 0.1) is 0 Å². The van der Waals surface area contributed by atoms with Crippen molar-refractivity contribution in [2.75, 3.05) is 0 Å². The van der Waals surface area contributed by atoms with Crippen LogP contribution in [0.5, 0.6) is 0 Å². The summed E-state index contributed by atoms with van der Waals surface area (Å²) in [5.74, 6) is -3.14. The molecule has 2 rings (SSSR count). The molecule has 2 atom stereocenters. The van der Waals surface area contributed by atoms with Crippen LogP contribution in [0.25, 0.3) is 0 Å². The molecule has 4 heteroatoms. The third-order valence-corrected chi connectivity index (χ3v) is 3.29. The third kappa shape index (κ3) is 1.44. The van der Waals surface area contributed by atoms with E-state index in [9.17, 15) is 13.2 Å². The van der Waals surface area contributed by atoms with Crippen LogP contribution in [0.15, 0.2) is 12.1 Å². The molecule has 0 spiro atoms. The summed E-state index contributed by atoms with van der Waals surface area (Å²) >= 11 is 0. The zero-order valence-electron chi connectivity index (χ0n) is 8.52. The zero-order chi connectivity index (χ0) is 11.4. The molecule has 0 aliphatic heterocycles. The molecule has 0 aromatic heterocycles. The van der Waals surface area contributed by atoms with E-state index in [2.05, 4.69) is 0 Å². The third-order valence-electron chi connectivity index (χ3n) is 3.29. The standard InChI is InChI=1S/C11H12F3N/c1-11(2)9(10(11)15)5-3-7(13)8(14)4-6(5)12/h3-4,9-10H,15H2,1-2H3. The highest BCUT2D eigenvalue weighted by molar-refractivity contribution is 5.35. The van der Waals surface area contributed by atoms with E-state index in [1.807, 2.05) is 13.8 Å². The van der Waals surface area contributed by atoms with Gasteiger partial charge < -0.3 is 5.73 Å². The summed E-state index contributed by atoms with van der Waals surface area (Å²) in [4.78, 5) is 0. The van der Waals surface area contributed by atoms with Gasteiger partial charge in [-0.1, -0.05) is 13.8 Å². The van der Waals surface area contributed by atoms with Crippen LogP contribution in [-0.2, 0) is 0 Å². The van der Waals surface area contributed by atoms with Gasteiger partial charge in [-0.3, -0.25) is 0 Å². The second-order valence-corrected chi connectivity index (χ2v) is 4.61. The normalized spacial score (nSPS) is 27.9. The SMILES string of the molecule is CC1(C)C(N)C1c1cc(F)c(F)cc1F. The van der Waals surface area contributed by atoms with Gasteiger partial charge in [-0.25, -0.2) is 13.2 Å². The Morgan fingerprint density at radius 3 is 2.00 bits per heavy atom. The summed E-state index contributed by atoms with van der Waals surface area (Å²) in [6.07, 6.45) is 0. The highest BCUT2D eigenvalue weighted by Crippen LogP contribution is 2.57. The van der Waals surface area contributed by atoms with Crippen molar-refractivity contribution in [1.29, 1.82) is 0 Å². The van der Waals surface area contributed by atoms with Gasteiger partial charge in [0.2, 0.25) is 0 Å². The van der Waals surface area contributed by atoms with Crippen molar-refractivity contribution in [3.63, 3.8) is 0 Å². The van der Waals surface area contributed by atoms with E-state index in [-0.39, 0.29) is 22.9 Å². The highest BCUT2D eigenvalue weighted by Gasteiger charge is 2.57. The molecule has 0 heterocycles. The topological polar surface area (TPSA) is 26.0 Å². The van der Waals surface area contributed by atoms with Crippen molar-refractivity contribution >= 4 is 0 Å². The average molecular weight is 215 g/mol. The summed E-state index contributed by atoms with van der Waals surface area (Å²) in [7, 11) is 0. The van der Waals surface area contributed by atoms with E-state index in [1.54, 1.807) is 0 Å². The van der Waals surface area contributed by atoms with Crippen LogP contribution in [0.2, 0.25) is 0 Å². The molecule has 1 aromatic carbocycles. The minimum atomic E-state index is -1.16. The molecule has 1 nitrogen and oxygen atoms in total. The number of hydrogen-bond acceptors (Lipinski definition) is 1. The molecular weight excluding hydrogens is 203 g/mol. The Morgan fingerprint density at radius 1 is 1.07 bits per heavy atom. The van der Waals surface area contributed by atoms with Crippen molar-refractivity contribution in [2.45, 2.75) is 25.8 Å². The van der Waals surface area contributed by atoms with Crippen molar-refractivity contribution in [3.05, 3.63) is 35.1 Å². The van der Waals surface area contributed by atoms with Gasteiger partial charge in [0.25, 0.3) is 0 Å². The Kier molecular flexibility index (Phi) is 2.08. The molecule has 1 aliphatic rings. The van der Waals surface area contributed by atoms with Crippen molar-refractivity contribution in [3.8, 4) is 0 Å². The zero-order valence-corrected chi connectivity index (χ0v) is 8.52. The fourth-order valence-corrected chi connectivity index (χ4v) is 2.05. The quantitative estimate of drug-likeness (QED) is 0.716. The lowest BCUT2D eigenvalue weighted by Gasteiger charge is -2.05. The first-order chi connectivity index (χ1) is 6.85. The Bertz CT molecular complexity index is 415. The first-order valence-corrected chi connectivity index (χ1v) is 4.75. The van der Waals surface area contributed by atoms with Crippen molar-refractivity contribution in [2.24, 2.45) is 11.1 Å². The molecule has 1 aliphatic carbocycles. The van der Waals surface area contributed by atoms with E-state index >= 15 is 0 Å². The molecule has 15 heavy (non-hydrogen) atoms. The van der Waals surface area contributed by atoms with E-state index in [0.717, 1.165) is 6.07 Å². The van der Waals surface area contributed by atoms with Gasteiger partial charge in [0.1, 0.15) is 5.82 Å². The molecule has 0 radical (unpaired) electrons. The van der Waals surface area contributed by atoms with Crippen LogP contribution in [0, 0.1) is 22.9 Å². The molecule has 1 fully saturated rings. The van der Waals surface area contributed by atoms with Gasteiger partial charge >= 0.3 is 0 Å². The summed E-state index contributed by atoms with van der Waals surface area (Å²) in [6.45, 7) is 3.76. The van der Waals surface area contributed by atoms with E-state index in [1.165, 1.54) is 0 Å². The van der Waals surface area contributed by atoms with Crippen LogP contribution >= 0.6 is 0 Å². The van der Waals surface area contributed by atoms with E-state index in [0.29, 0.717) is 6.07 Å². The molecular formula is C11H12F3N. The minimum Gasteiger partial charge on any atom is -0.327 e. The number of halogens is 3. The van der Waals surface area contributed by atoms with E-state index < -0.39 is 17.5 Å². The van der Waals surface area contributed by atoms with Crippen LogP contribution in [0.4, 0.5) is 13.2 Å². The van der Waals surface area contributed by atoms with Crippen LogP contribution in [-0.4, -0.2) is 6.04 Å². The lowest BCUT2D eigenvalue weighted by atomic mass is 10.0. The average Bonchev–Trinajstić information content (AvgIpc) is 2.60. The summed E-state index contributed by atoms with van der Waals surface area (Å²) in [5, 5.41) is 0. The molecule has 1 aromatic rings. The molecule has 0 bridgehead atoms. The highest BCUT2D eigenvalue weighted by atomic mass is 19.2. The molecule has 82 valence electrons. The summed E-state index contributed by atoms with van der Waals surface area (Å²) in [6, 6.07) is 1.28. The van der Waals surface area contributed by atoms with Gasteiger partial charge in [0, 0.05) is 18.0 Å². The van der Waals surface area contributed by atoms with Crippen molar-refractivity contribution < 1.29 is 13.2 Å². The van der Waals surface area contributed by atoms with Crippen LogP contribution in [0.3, 0.4) is 0 Å². The predicted octanol–water partition coefficient (Wildman–Crippen LogP) is 2.55. The maximum atomic E-state index is 13.4. The maximum absolute atomic E-state index is 13.4. The first-order valence-electron chi connectivity index (χ1n) is 4.75. The number of rotatable bonds is 1. The summed E-state index contributed by atoms with van der Waals surface area (Å²) < 4.78 is 39.0. The monoisotopic (exact) mass is 215 g/mol. The second kappa shape index (κ2) is 2.98. The minimum absolute atomic E-state index is 0.173. The fraction of sp³-hybridized carbons (Fsp3) is 0.455. The predicted molar refractivity (Wildman–Crippen MR) is 50.8 cm³/mol. The smallest absolute Gasteiger partial charge is 0.161 e. The van der Waals surface area contributed by atoms with Gasteiger partial charge in [-0.15, -0.1) is 0 Å². The van der Waals surface area contributed by atoms with E-state index in [4.69, 9.17) is 5.73 Å². The molecule has 0 amide bonds. The fourth-order valence-electron chi connectivity index (χ4n) is 2.05. The van der Waals surface area contributed by atoms with Crippen molar-refractivity contribution in [1.82, 2.24) is 0 Å². The van der Waals surface area contributed by atoms with Crippen LogP contribution < -0.4 is 5.73 Å². The Hall–Kier alpha value is -1.03. The first kappa shape index (κ1) is 10.5. The largest absolute Gasteiger partial charge is 0.327 e. The van der Waals surface area contributed by atoms with Crippen LogP contribution in [0.1, 0.15) is 25.3 Å². The molecule has 2 unspecified atom stereocenters.